The number of rotatable bonds is 6. The van der Waals surface area contributed by atoms with Crippen molar-refractivity contribution >= 4 is 67.1 Å². The fourth-order valence-corrected chi connectivity index (χ4v) is 4.65. The molecule has 0 bridgehead atoms. The van der Waals surface area contributed by atoms with Crippen molar-refractivity contribution in [2.24, 2.45) is 0 Å². The molecule has 6 nitrogen and oxygen atoms in total. The molecule has 172 valence electrons. The van der Waals surface area contributed by atoms with E-state index < -0.39 is 5.97 Å². The SMILES string of the molecule is O=C(O)CCCC(=O)N(c1ccc2c(c1)oc1ccccc12)c1ccc2c(c1)oc1ccccc12. The number of hydrogen-bond donors (Lipinski definition) is 1. The van der Waals surface area contributed by atoms with E-state index >= 15 is 0 Å². The van der Waals surface area contributed by atoms with Gasteiger partial charge in [-0.05, 0) is 42.8 Å². The molecule has 0 saturated heterocycles. The Labute approximate surface area is 200 Å². The zero-order valence-electron chi connectivity index (χ0n) is 18.7. The minimum atomic E-state index is -0.920. The van der Waals surface area contributed by atoms with E-state index in [0.717, 1.165) is 32.7 Å². The zero-order valence-corrected chi connectivity index (χ0v) is 18.7. The first-order chi connectivity index (χ1) is 17.1. The number of benzene rings is 4. The molecule has 0 aliphatic carbocycles. The van der Waals surface area contributed by atoms with Crippen LogP contribution in [0.15, 0.2) is 93.8 Å². The molecular weight excluding hydrogens is 442 g/mol. The first-order valence-corrected chi connectivity index (χ1v) is 11.5. The molecule has 1 amide bonds. The Morgan fingerprint density at radius 3 is 1.63 bits per heavy atom. The molecule has 2 heterocycles. The fourth-order valence-electron chi connectivity index (χ4n) is 4.65. The summed E-state index contributed by atoms with van der Waals surface area (Å²) >= 11 is 0. The number of carboxylic acids is 1. The van der Waals surface area contributed by atoms with Crippen LogP contribution in [0.1, 0.15) is 19.3 Å². The van der Waals surface area contributed by atoms with Gasteiger partial charge in [0.25, 0.3) is 0 Å². The van der Waals surface area contributed by atoms with Gasteiger partial charge < -0.3 is 13.9 Å². The molecule has 35 heavy (non-hydrogen) atoms. The van der Waals surface area contributed by atoms with Gasteiger partial charge in [0.1, 0.15) is 22.3 Å². The summed E-state index contributed by atoms with van der Waals surface area (Å²) in [6.07, 6.45) is 0.290. The van der Waals surface area contributed by atoms with Crippen molar-refractivity contribution in [1.82, 2.24) is 0 Å². The van der Waals surface area contributed by atoms with Gasteiger partial charge in [-0.1, -0.05) is 36.4 Å². The second kappa shape index (κ2) is 8.33. The van der Waals surface area contributed by atoms with Gasteiger partial charge in [-0.2, -0.15) is 0 Å². The number of para-hydroxylation sites is 2. The van der Waals surface area contributed by atoms with Crippen molar-refractivity contribution in [2.75, 3.05) is 4.90 Å². The number of fused-ring (bicyclic) bond motifs is 6. The van der Waals surface area contributed by atoms with Crippen LogP contribution in [0.25, 0.3) is 43.9 Å². The number of anilines is 2. The quantitative estimate of drug-likeness (QED) is 0.278. The minimum Gasteiger partial charge on any atom is -0.481 e. The maximum absolute atomic E-state index is 13.4. The van der Waals surface area contributed by atoms with E-state index in [2.05, 4.69) is 0 Å². The molecule has 0 aliphatic rings. The molecule has 0 atom stereocenters. The Morgan fingerprint density at radius 2 is 1.11 bits per heavy atom. The van der Waals surface area contributed by atoms with Gasteiger partial charge in [0.15, 0.2) is 0 Å². The average Bonchev–Trinajstić information content (AvgIpc) is 3.41. The summed E-state index contributed by atoms with van der Waals surface area (Å²) in [5, 5.41) is 13.0. The van der Waals surface area contributed by atoms with Gasteiger partial charge in [-0.15, -0.1) is 0 Å². The number of carboxylic acid groups (broad SMARTS) is 1. The Kier molecular flexibility index (Phi) is 4.99. The van der Waals surface area contributed by atoms with E-state index in [1.54, 1.807) is 4.90 Å². The number of furan rings is 2. The third-order valence-electron chi connectivity index (χ3n) is 6.27. The number of hydrogen-bond acceptors (Lipinski definition) is 4. The van der Waals surface area contributed by atoms with E-state index in [0.29, 0.717) is 22.5 Å². The molecule has 6 aromatic rings. The summed E-state index contributed by atoms with van der Waals surface area (Å²) in [6, 6.07) is 27.0. The van der Waals surface area contributed by atoms with E-state index in [1.807, 2.05) is 84.9 Å². The molecule has 4 aromatic carbocycles. The molecule has 0 fully saturated rings. The molecule has 0 unspecified atom stereocenters. The van der Waals surface area contributed by atoms with Crippen LogP contribution in [0.4, 0.5) is 11.4 Å². The number of aliphatic carboxylic acids is 1. The highest BCUT2D eigenvalue weighted by atomic mass is 16.4. The van der Waals surface area contributed by atoms with Gasteiger partial charge in [-0.25, -0.2) is 0 Å². The van der Waals surface area contributed by atoms with Crippen LogP contribution >= 0.6 is 0 Å². The highest BCUT2D eigenvalue weighted by molar-refractivity contribution is 6.10. The van der Waals surface area contributed by atoms with Gasteiger partial charge in [-0.3, -0.25) is 14.5 Å². The van der Waals surface area contributed by atoms with Crippen molar-refractivity contribution in [3.63, 3.8) is 0 Å². The molecule has 0 radical (unpaired) electrons. The Hall–Kier alpha value is -4.58. The van der Waals surface area contributed by atoms with Crippen LogP contribution in [0, 0.1) is 0 Å². The molecule has 2 aromatic heterocycles. The highest BCUT2D eigenvalue weighted by Crippen LogP contribution is 2.37. The number of carbonyl (C=O) groups excluding carboxylic acids is 1. The normalized spacial score (nSPS) is 11.5. The molecule has 1 N–H and O–H groups in total. The lowest BCUT2D eigenvalue weighted by atomic mass is 10.1. The number of carbonyl (C=O) groups is 2. The summed E-state index contributed by atoms with van der Waals surface area (Å²) in [5.74, 6) is -1.12. The average molecular weight is 463 g/mol. The monoisotopic (exact) mass is 463 g/mol. The predicted octanol–water partition coefficient (Wildman–Crippen LogP) is 7.41. The van der Waals surface area contributed by atoms with E-state index in [-0.39, 0.29) is 25.2 Å². The standard InChI is InChI=1S/C29H21NO5/c31-28(10-5-11-29(32)33)30(18-12-14-22-20-6-1-3-8-24(20)34-26(22)16-18)19-13-15-23-21-7-2-4-9-25(21)35-27(23)17-19/h1-4,6-9,12-17H,5,10-11H2,(H,32,33). The molecule has 6 heteroatoms. The van der Waals surface area contributed by atoms with Gasteiger partial charge in [0.05, 0.1) is 11.4 Å². The molecular formula is C29H21NO5. The van der Waals surface area contributed by atoms with E-state index in [1.165, 1.54) is 0 Å². The Balaban J connectivity index is 1.47. The van der Waals surface area contributed by atoms with Crippen molar-refractivity contribution in [3.8, 4) is 0 Å². The van der Waals surface area contributed by atoms with Crippen molar-refractivity contribution in [1.29, 1.82) is 0 Å². The lowest BCUT2D eigenvalue weighted by Gasteiger charge is -2.23. The van der Waals surface area contributed by atoms with Gasteiger partial charge in [0.2, 0.25) is 5.91 Å². The van der Waals surface area contributed by atoms with Crippen LogP contribution in [0.3, 0.4) is 0 Å². The minimum absolute atomic E-state index is 0.0647. The van der Waals surface area contributed by atoms with Crippen LogP contribution in [0.5, 0.6) is 0 Å². The number of amides is 1. The maximum atomic E-state index is 13.4. The van der Waals surface area contributed by atoms with E-state index in [4.69, 9.17) is 13.9 Å². The first kappa shape index (κ1) is 21.0. The molecule has 0 aliphatic heterocycles. The molecule has 6 rings (SSSR count). The summed E-state index contributed by atoms with van der Waals surface area (Å²) in [7, 11) is 0. The number of nitrogens with zero attached hydrogens (tertiary/aromatic N) is 1. The molecule has 0 saturated carbocycles. The topological polar surface area (TPSA) is 83.9 Å². The van der Waals surface area contributed by atoms with Crippen LogP contribution < -0.4 is 4.90 Å². The van der Waals surface area contributed by atoms with Gasteiger partial charge >= 0.3 is 5.97 Å². The second-order valence-electron chi connectivity index (χ2n) is 8.53. The smallest absolute Gasteiger partial charge is 0.303 e. The first-order valence-electron chi connectivity index (χ1n) is 11.5. The van der Waals surface area contributed by atoms with E-state index in [9.17, 15) is 9.59 Å². The molecule has 0 spiro atoms. The largest absolute Gasteiger partial charge is 0.481 e. The highest BCUT2D eigenvalue weighted by Gasteiger charge is 2.21. The van der Waals surface area contributed by atoms with Gasteiger partial charge in [0, 0.05) is 46.5 Å². The van der Waals surface area contributed by atoms with Crippen LogP contribution in [0.2, 0.25) is 0 Å². The van der Waals surface area contributed by atoms with Crippen LogP contribution in [-0.4, -0.2) is 17.0 Å². The van der Waals surface area contributed by atoms with Crippen LogP contribution in [-0.2, 0) is 9.59 Å². The third kappa shape index (κ3) is 3.69. The summed E-state index contributed by atoms with van der Waals surface area (Å²) < 4.78 is 12.1. The lowest BCUT2D eigenvalue weighted by Crippen LogP contribution is -2.25. The van der Waals surface area contributed by atoms with Crippen molar-refractivity contribution < 1.29 is 23.5 Å². The van der Waals surface area contributed by atoms with Crippen molar-refractivity contribution in [2.45, 2.75) is 19.3 Å². The third-order valence-corrected chi connectivity index (χ3v) is 6.27. The maximum Gasteiger partial charge on any atom is 0.303 e. The fraction of sp³-hybridized carbons (Fsp3) is 0.103. The second-order valence-corrected chi connectivity index (χ2v) is 8.53. The Morgan fingerprint density at radius 1 is 0.629 bits per heavy atom. The summed E-state index contributed by atoms with van der Waals surface area (Å²) in [5.41, 5.74) is 4.21. The predicted molar refractivity (Wildman–Crippen MR) is 136 cm³/mol. The summed E-state index contributed by atoms with van der Waals surface area (Å²) in [6.45, 7) is 0. The zero-order chi connectivity index (χ0) is 23.9. The van der Waals surface area contributed by atoms with Crippen molar-refractivity contribution in [3.05, 3.63) is 84.9 Å². The lowest BCUT2D eigenvalue weighted by molar-refractivity contribution is -0.137. The Bertz CT molecular complexity index is 1630. The summed E-state index contributed by atoms with van der Waals surface area (Å²) in [4.78, 5) is 26.0.